The van der Waals surface area contributed by atoms with Crippen molar-refractivity contribution in [2.24, 2.45) is 0 Å². The molecule has 5 heteroatoms. The highest BCUT2D eigenvalue weighted by molar-refractivity contribution is 6.19. The van der Waals surface area contributed by atoms with E-state index in [1.54, 1.807) is 0 Å². The number of hydrogen-bond acceptors (Lipinski definition) is 4. The number of furan rings is 1. The van der Waals surface area contributed by atoms with Crippen LogP contribution >= 0.6 is 0 Å². The van der Waals surface area contributed by atoms with Crippen LogP contribution < -0.4 is 0 Å². The van der Waals surface area contributed by atoms with Gasteiger partial charge in [0.1, 0.15) is 5.58 Å². The van der Waals surface area contributed by atoms with Crippen LogP contribution in [0.1, 0.15) is 43.6 Å². The summed E-state index contributed by atoms with van der Waals surface area (Å²) in [5.41, 5.74) is 13.2. The number of allylic oxidation sites excluding steroid dienone is 4. The Morgan fingerprint density at radius 3 is 2.25 bits per heavy atom. The Kier molecular flexibility index (Phi) is 6.36. The SMILES string of the molecule is CC1(C)c2ccccc2-c2c1ccc1c2c2ccccc2n1-c1cccc2c1oc1cccc(-c3nc(C4=CC=CCC4)nc(-c4ccccc4)n3)c12. The van der Waals surface area contributed by atoms with Gasteiger partial charge in [-0.25, -0.2) is 15.0 Å². The van der Waals surface area contributed by atoms with Crippen LogP contribution in [0.5, 0.6) is 0 Å². The minimum atomic E-state index is -0.0854. The van der Waals surface area contributed by atoms with Gasteiger partial charge in [-0.3, -0.25) is 0 Å². The van der Waals surface area contributed by atoms with Crippen LogP contribution in [-0.4, -0.2) is 19.5 Å². The molecule has 0 saturated heterocycles. The molecule has 252 valence electrons. The summed E-state index contributed by atoms with van der Waals surface area (Å²) < 4.78 is 9.29. The van der Waals surface area contributed by atoms with Crippen molar-refractivity contribution in [1.82, 2.24) is 19.5 Å². The number of nitrogens with zero attached hydrogens (tertiary/aromatic N) is 4. The van der Waals surface area contributed by atoms with Crippen LogP contribution in [0.15, 0.2) is 150 Å². The highest BCUT2D eigenvalue weighted by atomic mass is 16.3. The van der Waals surface area contributed by atoms with E-state index in [-0.39, 0.29) is 5.41 Å². The van der Waals surface area contributed by atoms with Crippen molar-refractivity contribution in [3.05, 3.63) is 163 Å². The number of para-hydroxylation sites is 2. The van der Waals surface area contributed by atoms with E-state index in [2.05, 4.69) is 140 Å². The van der Waals surface area contributed by atoms with E-state index in [9.17, 15) is 0 Å². The molecule has 0 unspecified atom stereocenters. The average Bonchev–Trinajstić information content (AvgIpc) is 3.84. The van der Waals surface area contributed by atoms with E-state index in [4.69, 9.17) is 19.4 Å². The third-order valence-electron chi connectivity index (χ3n) is 11.3. The van der Waals surface area contributed by atoms with Crippen molar-refractivity contribution in [2.45, 2.75) is 32.1 Å². The third-order valence-corrected chi connectivity index (χ3v) is 11.3. The van der Waals surface area contributed by atoms with Gasteiger partial charge in [-0.15, -0.1) is 0 Å². The minimum absolute atomic E-state index is 0.0854. The molecule has 0 fully saturated rings. The van der Waals surface area contributed by atoms with Gasteiger partial charge in [-0.05, 0) is 64.9 Å². The van der Waals surface area contributed by atoms with Crippen molar-refractivity contribution in [3.63, 3.8) is 0 Å². The molecule has 0 spiro atoms. The van der Waals surface area contributed by atoms with Crippen LogP contribution in [0.25, 0.3) is 88.9 Å². The summed E-state index contributed by atoms with van der Waals surface area (Å²) >= 11 is 0. The molecule has 11 rings (SSSR count). The van der Waals surface area contributed by atoms with Crippen molar-refractivity contribution in [3.8, 4) is 39.6 Å². The van der Waals surface area contributed by atoms with Crippen LogP contribution in [-0.2, 0) is 5.41 Å². The molecule has 2 aliphatic rings. The van der Waals surface area contributed by atoms with E-state index < -0.39 is 0 Å². The van der Waals surface area contributed by atoms with Gasteiger partial charge >= 0.3 is 0 Å². The van der Waals surface area contributed by atoms with Crippen LogP contribution in [0, 0.1) is 0 Å². The number of aromatic nitrogens is 4. The lowest BCUT2D eigenvalue weighted by molar-refractivity contribution is 0.660. The van der Waals surface area contributed by atoms with Gasteiger partial charge in [-0.1, -0.05) is 135 Å². The van der Waals surface area contributed by atoms with Gasteiger partial charge in [0.2, 0.25) is 0 Å². The molecule has 0 bridgehead atoms. The molecule has 2 aliphatic carbocycles. The quantitative estimate of drug-likeness (QED) is 0.185. The maximum Gasteiger partial charge on any atom is 0.164 e. The molecule has 3 heterocycles. The summed E-state index contributed by atoms with van der Waals surface area (Å²) in [5, 5.41) is 4.53. The third kappa shape index (κ3) is 4.34. The highest BCUT2D eigenvalue weighted by Crippen LogP contribution is 2.53. The van der Waals surface area contributed by atoms with Gasteiger partial charge < -0.3 is 8.98 Å². The Morgan fingerprint density at radius 2 is 1.36 bits per heavy atom. The molecular weight excluding hydrogens is 649 g/mol. The van der Waals surface area contributed by atoms with Gasteiger partial charge in [0, 0.05) is 38.1 Å². The summed E-state index contributed by atoms with van der Waals surface area (Å²) in [5.74, 6) is 2.01. The number of benzene rings is 6. The molecule has 53 heavy (non-hydrogen) atoms. The molecule has 3 aromatic heterocycles. The monoisotopic (exact) mass is 682 g/mol. The molecule has 9 aromatic rings. The first-order valence-electron chi connectivity index (χ1n) is 18.4. The summed E-state index contributed by atoms with van der Waals surface area (Å²) in [4.78, 5) is 15.2. The van der Waals surface area contributed by atoms with Gasteiger partial charge in [0.25, 0.3) is 0 Å². The Labute approximate surface area is 306 Å². The highest BCUT2D eigenvalue weighted by Gasteiger charge is 2.37. The fraction of sp³-hybridized carbons (Fsp3) is 0.104. The second-order valence-corrected chi connectivity index (χ2v) is 14.7. The maximum atomic E-state index is 6.90. The van der Waals surface area contributed by atoms with Gasteiger partial charge in [-0.2, -0.15) is 0 Å². The van der Waals surface area contributed by atoms with Crippen LogP contribution in [0.2, 0.25) is 0 Å². The van der Waals surface area contributed by atoms with E-state index in [0.717, 1.165) is 68.2 Å². The molecule has 0 saturated carbocycles. The molecule has 0 atom stereocenters. The molecule has 6 aromatic carbocycles. The van der Waals surface area contributed by atoms with E-state index >= 15 is 0 Å². The predicted octanol–water partition coefficient (Wildman–Crippen LogP) is 12.2. The lowest BCUT2D eigenvalue weighted by Crippen LogP contribution is -2.14. The van der Waals surface area contributed by atoms with Crippen molar-refractivity contribution < 1.29 is 4.42 Å². The summed E-state index contributed by atoms with van der Waals surface area (Å²) in [6.45, 7) is 4.69. The molecular formula is C48H34N4O. The molecule has 5 nitrogen and oxygen atoms in total. The van der Waals surface area contributed by atoms with Crippen molar-refractivity contribution in [2.75, 3.05) is 0 Å². The molecule has 0 N–H and O–H groups in total. The van der Waals surface area contributed by atoms with E-state index in [1.807, 2.05) is 24.3 Å². The first-order valence-corrected chi connectivity index (χ1v) is 18.4. The molecule has 0 radical (unpaired) electrons. The average molecular weight is 683 g/mol. The molecule has 0 aliphatic heterocycles. The number of hydrogen-bond donors (Lipinski definition) is 0. The Hall–Kier alpha value is -6.59. The summed E-state index contributed by atoms with van der Waals surface area (Å²) in [7, 11) is 0. The number of rotatable bonds is 4. The second kappa shape index (κ2) is 11.2. The first kappa shape index (κ1) is 30.1. The lowest BCUT2D eigenvalue weighted by atomic mass is 9.82. The van der Waals surface area contributed by atoms with E-state index in [0.29, 0.717) is 17.5 Å². The second-order valence-electron chi connectivity index (χ2n) is 14.7. The summed E-state index contributed by atoms with van der Waals surface area (Å²) in [6.07, 6.45) is 8.26. The van der Waals surface area contributed by atoms with Gasteiger partial charge in [0.05, 0.1) is 16.7 Å². The lowest BCUT2D eigenvalue weighted by Gasteiger charge is -2.21. The Morgan fingerprint density at radius 1 is 0.604 bits per heavy atom. The zero-order valence-electron chi connectivity index (χ0n) is 29.5. The van der Waals surface area contributed by atoms with E-state index in [1.165, 1.54) is 33.0 Å². The fourth-order valence-electron chi connectivity index (χ4n) is 8.85. The fourth-order valence-corrected chi connectivity index (χ4v) is 8.85. The molecule has 0 amide bonds. The Bertz CT molecular complexity index is 3030. The first-order chi connectivity index (χ1) is 26.1. The zero-order chi connectivity index (χ0) is 35.3. The Balaban J connectivity index is 1.17. The van der Waals surface area contributed by atoms with Crippen LogP contribution in [0.3, 0.4) is 0 Å². The maximum absolute atomic E-state index is 6.90. The zero-order valence-corrected chi connectivity index (χ0v) is 29.5. The predicted molar refractivity (Wildman–Crippen MR) is 216 cm³/mol. The van der Waals surface area contributed by atoms with Gasteiger partial charge in [0.15, 0.2) is 23.1 Å². The van der Waals surface area contributed by atoms with Crippen molar-refractivity contribution in [1.29, 1.82) is 0 Å². The largest absolute Gasteiger partial charge is 0.454 e. The minimum Gasteiger partial charge on any atom is -0.454 e. The smallest absolute Gasteiger partial charge is 0.164 e. The number of fused-ring (bicyclic) bond motifs is 10. The van der Waals surface area contributed by atoms with Crippen LogP contribution in [0.4, 0.5) is 0 Å². The van der Waals surface area contributed by atoms with Crippen molar-refractivity contribution >= 4 is 49.3 Å². The summed E-state index contributed by atoms with van der Waals surface area (Å²) in [6, 6.07) is 45.2. The standard InChI is InChI=1S/C48H34N4O/c1-48(2)35-23-11-9-19-31(35)42-36(48)27-28-38-43(42)32-20-10-12-24-37(32)52(38)39-25-13-21-33-41-34(22-14-26-40(41)53-44(33)39)47-50-45(29-15-5-3-6-16-29)49-46(51-47)30-17-7-4-8-18-30/h3-7,9-17,19-28H,8,18H2,1-2H3. The normalized spacial score (nSPS) is 14.6. The topological polar surface area (TPSA) is 56.7 Å².